The molecule has 4 heteroatoms. The van der Waals surface area contributed by atoms with Gasteiger partial charge in [-0.15, -0.1) is 0 Å². The van der Waals surface area contributed by atoms with Crippen molar-refractivity contribution >= 4 is 5.91 Å². The van der Waals surface area contributed by atoms with Crippen LogP contribution in [0.15, 0.2) is 6.20 Å². The Morgan fingerprint density at radius 3 is 2.83 bits per heavy atom. The van der Waals surface area contributed by atoms with Gasteiger partial charge in [0.05, 0.1) is 11.3 Å². The predicted molar refractivity (Wildman–Crippen MR) is 46.0 cm³/mol. The molecular formula is C8H13N3O. The molecule has 12 heavy (non-hydrogen) atoms. The molecular weight excluding hydrogens is 154 g/mol. The average molecular weight is 167 g/mol. The van der Waals surface area contributed by atoms with Crippen LogP contribution < -0.4 is 5.32 Å². The maximum Gasteiger partial charge on any atom is 0.254 e. The molecule has 1 heterocycles. The van der Waals surface area contributed by atoms with Gasteiger partial charge in [-0.25, -0.2) is 0 Å². The molecule has 0 saturated carbocycles. The molecule has 0 atom stereocenters. The first-order chi connectivity index (χ1) is 5.65. The highest BCUT2D eigenvalue weighted by Gasteiger charge is 2.10. The third-order valence-corrected chi connectivity index (χ3v) is 1.60. The van der Waals surface area contributed by atoms with Gasteiger partial charge in [-0.1, -0.05) is 0 Å². The summed E-state index contributed by atoms with van der Waals surface area (Å²) >= 11 is 0. The fourth-order valence-corrected chi connectivity index (χ4v) is 1.08. The summed E-state index contributed by atoms with van der Waals surface area (Å²) in [5.41, 5.74) is 1.42. The summed E-state index contributed by atoms with van der Waals surface area (Å²) in [6, 6.07) is 0. The van der Waals surface area contributed by atoms with E-state index < -0.39 is 0 Å². The second-order valence-corrected chi connectivity index (χ2v) is 2.66. The van der Waals surface area contributed by atoms with Crippen molar-refractivity contribution in [1.29, 1.82) is 0 Å². The number of carbonyl (C=O) groups is 1. The van der Waals surface area contributed by atoms with Crippen molar-refractivity contribution in [3.63, 3.8) is 0 Å². The molecule has 0 aliphatic carbocycles. The van der Waals surface area contributed by atoms with Gasteiger partial charge in [-0.05, 0) is 13.8 Å². The lowest BCUT2D eigenvalue weighted by molar-refractivity contribution is 0.0955. The van der Waals surface area contributed by atoms with Crippen molar-refractivity contribution in [3.05, 3.63) is 17.5 Å². The fourth-order valence-electron chi connectivity index (χ4n) is 1.08. The zero-order valence-corrected chi connectivity index (χ0v) is 7.59. The monoisotopic (exact) mass is 167 g/mol. The maximum absolute atomic E-state index is 11.3. The molecule has 0 aliphatic rings. The molecule has 0 fully saturated rings. The molecule has 1 aromatic heterocycles. The summed E-state index contributed by atoms with van der Waals surface area (Å²) in [5.74, 6) is -0.0527. The van der Waals surface area contributed by atoms with Crippen LogP contribution in [0, 0.1) is 6.92 Å². The van der Waals surface area contributed by atoms with E-state index >= 15 is 0 Å². The summed E-state index contributed by atoms with van der Waals surface area (Å²) < 4.78 is 1.64. The lowest BCUT2D eigenvalue weighted by Gasteiger charge is -1.97. The molecule has 1 rings (SSSR count). The second kappa shape index (κ2) is 3.38. The van der Waals surface area contributed by atoms with Gasteiger partial charge in [0.1, 0.15) is 0 Å². The van der Waals surface area contributed by atoms with E-state index in [9.17, 15) is 4.79 Å². The summed E-state index contributed by atoms with van der Waals surface area (Å²) in [7, 11) is 1.80. The van der Waals surface area contributed by atoms with Gasteiger partial charge in [-0.2, -0.15) is 5.10 Å². The van der Waals surface area contributed by atoms with E-state index in [1.807, 2.05) is 13.8 Å². The molecule has 66 valence electrons. The fraction of sp³-hybridized carbons (Fsp3) is 0.500. The van der Waals surface area contributed by atoms with Gasteiger partial charge < -0.3 is 5.32 Å². The topological polar surface area (TPSA) is 46.9 Å². The summed E-state index contributed by atoms with van der Waals surface area (Å²) in [6.45, 7) is 4.36. The van der Waals surface area contributed by atoms with E-state index in [-0.39, 0.29) is 5.91 Å². The van der Waals surface area contributed by atoms with Crippen LogP contribution in [-0.2, 0) is 7.05 Å². The molecule has 0 aromatic carbocycles. The highest BCUT2D eigenvalue weighted by molar-refractivity contribution is 5.94. The lowest BCUT2D eigenvalue weighted by Crippen LogP contribution is -2.22. The summed E-state index contributed by atoms with van der Waals surface area (Å²) in [5, 5.41) is 6.79. The Labute approximate surface area is 71.6 Å². The van der Waals surface area contributed by atoms with Crippen molar-refractivity contribution in [1.82, 2.24) is 15.1 Å². The van der Waals surface area contributed by atoms with Crippen LogP contribution in [0.2, 0.25) is 0 Å². The standard InChI is InChI=1S/C8H13N3O/c1-4-9-8(12)7-5-11(3)10-6(7)2/h5H,4H2,1-3H3,(H,9,12). The van der Waals surface area contributed by atoms with E-state index in [4.69, 9.17) is 0 Å². The largest absolute Gasteiger partial charge is 0.352 e. The van der Waals surface area contributed by atoms with Gasteiger partial charge in [0.25, 0.3) is 5.91 Å². The smallest absolute Gasteiger partial charge is 0.254 e. The highest BCUT2D eigenvalue weighted by Crippen LogP contribution is 2.03. The van der Waals surface area contributed by atoms with Crippen molar-refractivity contribution in [2.24, 2.45) is 7.05 Å². The van der Waals surface area contributed by atoms with Gasteiger partial charge in [0, 0.05) is 19.8 Å². The molecule has 0 bridgehead atoms. The number of hydrogen-bond acceptors (Lipinski definition) is 2. The first-order valence-corrected chi connectivity index (χ1v) is 3.93. The van der Waals surface area contributed by atoms with Crippen molar-refractivity contribution in [2.45, 2.75) is 13.8 Å². The Hall–Kier alpha value is -1.32. The third kappa shape index (κ3) is 1.64. The quantitative estimate of drug-likeness (QED) is 0.696. The van der Waals surface area contributed by atoms with Crippen LogP contribution in [0.3, 0.4) is 0 Å². The predicted octanol–water partition coefficient (Wildman–Crippen LogP) is 0.478. The number of rotatable bonds is 2. The Morgan fingerprint density at radius 2 is 2.42 bits per heavy atom. The second-order valence-electron chi connectivity index (χ2n) is 2.66. The van der Waals surface area contributed by atoms with Gasteiger partial charge in [0.15, 0.2) is 0 Å². The Kier molecular flexibility index (Phi) is 2.47. The van der Waals surface area contributed by atoms with E-state index in [2.05, 4.69) is 10.4 Å². The third-order valence-electron chi connectivity index (χ3n) is 1.60. The molecule has 1 aromatic rings. The van der Waals surface area contributed by atoms with E-state index in [0.717, 1.165) is 5.69 Å². The number of amides is 1. The number of nitrogens with zero attached hydrogens (tertiary/aromatic N) is 2. The number of nitrogens with one attached hydrogen (secondary N) is 1. The van der Waals surface area contributed by atoms with Crippen LogP contribution in [0.4, 0.5) is 0 Å². The van der Waals surface area contributed by atoms with Crippen LogP contribution in [0.5, 0.6) is 0 Å². The van der Waals surface area contributed by atoms with Crippen LogP contribution >= 0.6 is 0 Å². The molecule has 4 nitrogen and oxygen atoms in total. The highest BCUT2D eigenvalue weighted by atomic mass is 16.1. The number of aryl methyl sites for hydroxylation is 2. The van der Waals surface area contributed by atoms with Crippen LogP contribution in [-0.4, -0.2) is 22.2 Å². The number of hydrogen-bond donors (Lipinski definition) is 1. The molecule has 0 aliphatic heterocycles. The lowest BCUT2D eigenvalue weighted by atomic mass is 10.2. The molecule has 0 radical (unpaired) electrons. The van der Waals surface area contributed by atoms with Crippen LogP contribution in [0.25, 0.3) is 0 Å². The first kappa shape index (κ1) is 8.77. The molecule has 0 saturated heterocycles. The summed E-state index contributed by atoms with van der Waals surface area (Å²) in [6.07, 6.45) is 1.72. The Morgan fingerprint density at radius 1 is 1.75 bits per heavy atom. The molecule has 1 amide bonds. The van der Waals surface area contributed by atoms with Crippen LogP contribution in [0.1, 0.15) is 23.0 Å². The Bertz CT molecular complexity index is 290. The van der Waals surface area contributed by atoms with Crippen molar-refractivity contribution in [2.75, 3.05) is 6.54 Å². The van der Waals surface area contributed by atoms with Crippen molar-refractivity contribution in [3.8, 4) is 0 Å². The van der Waals surface area contributed by atoms with E-state index in [1.54, 1.807) is 17.9 Å². The van der Waals surface area contributed by atoms with Gasteiger partial charge in [-0.3, -0.25) is 9.48 Å². The SMILES string of the molecule is CCNC(=O)c1cn(C)nc1C. The zero-order valence-electron chi connectivity index (χ0n) is 7.59. The zero-order chi connectivity index (χ0) is 9.14. The minimum absolute atomic E-state index is 0.0527. The number of aromatic nitrogens is 2. The minimum Gasteiger partial charge on any atom is -0.352 e. The van der Waals surface area contributed by atoms with Gasteiger partial charge >= 0.3 is 0 Å². The summed E-state index contributed by atoms with van der Waals surface area (Å²) in [4.78, 5) is 11.3. The molecule has 0 unspecified atom stereocenters. The first-order valence-electron chi connectivity index (χ1n) is 3.93. The minimum atomic E-state index is -0.0527. The maximum atomic E-state index is 11.3. The van der Waals surface area contributed by atoms with E-state index in [0.29, 0.717) is 12.1 Å². The average Bonchev–Trinajstić information content (AvgIpc) is 2.30. The van der Waals surface area contributed by atoms with Gasteiger partial charge in [0.2, 0.25) is 0 Å². The molecule has 0 spiro atoms. The number of carbonyl (C=O) groups excluding carboxylic acids is 1. The normalized spacial score (nSPS) is 9.92. The van der Waals surface area contributed by atoms with E-state index in [1.165, 1.54) is 0 Å². The Balaban J connectivity index is 2.87. The molecule has 1 N–H and O–H groups in total. The van der Waals surface area contributed by atoms with Crippen molar-refractivity contribution < 1.29 is 4.79 Å².